The van der Waals surface area contributed by atoms with Crippen LogP contribution < -0.4 is 0 Å². The molecule has 0 aliphatic heterocycles. The van der Waals surface area contributed by atoms with Gasteiger partial charge in [-0.15, -0.1) is 0 Å². The number of rotatable bonds is 10. The summed E-state index contributed by atoms with van der Waals surface area (Å²) in [6, 6.07) is 0. The minimum atomic E-state index is -0.543. The first kappa shape index (κ1) is 16.9. The van der Waals surface area contributed by atoms with Gasteiger partial charge in [-0.05, 0) is 40.0 Å². The van der Waals surface area contributed by atoms with E-state index >= 15 is 0 Å². The van der Waals surface area contributed by atoms with Gasteiger partial charge in [-0.3, -0.25) is 0 Å². The van der Waals surface area contributed by atoms with Crippen molar-refractivity contribution in [3.8, 4) is 0 Å². The molecule has 0 aromatic rings. The zero-order valence-corrected chi connectivity index (χ0v) is 12.2. The predicted molar refractivity (Wildman–Crippen MR) is 71.0 cm³/mol. The summed E-state index contributed by atoms with van der Waals surface area (Å²) in [5.41, 5.74) is -0.543. The highest BCUT2D eigenvalue weighted by molar-refractivity contribution is 4.66. The topological polar surface area (TPSA) is 38.7 Å². The van der Waals surface area contributed by atoms with Crippen LogP contribution in [0.3, 0.4) is 0 Å². The first-order chi connectivity index (χ1) is 7.89. The lowest BCUT2D eigenvalue weighted by Crippen LogP contribution is -2.21. The normalized spacial score (nSPS) is 14.3. The molecule has 0 radical (unpaired) electrons. The van der Waals surface area contributed by atoms with Gasteiger partial charge in [0.25, 0.3) is 0 Å². The summed E-state index contributed by atoms with van der Waals surface area (Å²) in [6.45, 7) is 11.3. The van der Waals surface area contributed by atoms with Crippen LogP contribution in [0.2, 0.25) is 0 Å². The minimum Gasteiger partial charge on any atom is -0.390 e. The third kappa shape index (κ3) is 10.7. The van der Waals surface area contributed by atoms with Gasteiger partial charge in [0.05, 0.1) is 5.60 Å². The molecule has 104 valence electrons. The summed E-state index contributed by atoms with van der Waals surface area (Å²) >= 11 is 0. The molecule has 0 amide bonds. The monoisotopic (exact) mass is 246 g/mol. The summed E-state index contributed by atoms with van der Waals surface area (Å²) in [7, 11) is 0. The molecule has 0 fully saturated rings. The van der Waals surface area contributed by atoms with Crippen molar-refractivity contribution in [2.24, 2.45) is 5.92 Å². The summed E-state index contributed by atoms with van der Waals surface area (Å²) in [6.07, 6.45) is 3.89. The number of aliphatic hydroxyl groups is 1. The van der Waals surface area contributed by atoms with Crippen molar-refractivity contribution in [2.45, 2.75) is 72.2 Å². The van der Waals surface area contributed by atoms with Crippen molar-refractivity contribution in [2.75, 3.05) is 13.2 Å². The maximum atomic E-state index is 9.63. The zero-order valence-electron chi connectivity index (χ0n) is 12.2. The van der Waals surface area contributed by atoms with Crippen LogP contribution in [-0.4, -0.2) is 30.2 Å². The summed E-state index contributed by atoms with van der Waals surface area (Å²) in [4.78, 5) is 0. The predicted octanol–water partition coefficient (Wildman–Crippen LogP) is 3.35. The van der Waals surface area contributed by atoms with Crippen LogP contribution in [0.25, 0.3) is 0 Å². The molecule has 0 saturated heterocycles. The molecule has 0 spiro atoms. The molecule has 1 atom stereocenters. The Kier molecular flexibility index (Phi) is 8.83. The second-order valence-electron chi connectivity index (χ2n) is 5.39. The number of hydrogen-bond donors (Lipinski definition) is 1. The van der Waals surface area contributed by atoms with E-state index in [-0.39, 0.29) is 6.29 Å². The van der Waals surface area contributed by atoms with Crippen molar-refractivity contribution in [3.63, 3.8) is 0 Å². The minimum absolute atomic E-state index is 0.0675. The molecule has 0 heterocycles. The molecule has 0 aromatic carbocycles. The largest absolute Gasteiger partial charge is 0.390 e. The van der Waals surface area contributed by atoms with Crippen LogP contribution in [-0.2, 0) is 9.47 Å². The molecule has 0 aromatic heterocycles. The van der Waals surface area contributed by atoms with Crippen molar-refractivity contribution in [3.05, 3.63) is 0 Å². The fraction of sp³-hybridized carbons (Fsp3) is 1.00. The van der Waals surface area contributed by atoms with Crippen molar-refractivity contribution in [1.82, 2.24) is 0 Å². The highest BCUT2D eigenvalue weighted by Gasteiger charge is 2.16. The van der Waals surface area contributed by atoms with Crippen LogP contribution in [0, 0.1) is 5.92 Å². The standard InChI is InChI=1S/C14H30O3/c1-6-16-13(17-7-2)11-12(3)9-8-10-14(4,5)15/h12-13,15H,6-11H2,1-5H3. The molecular formula is C14H30O3. The van der Waals surface area contributed by atoms with Gasteiger partial charge in [0.1, 0.15) is 0 Å². The Hall–Kier alpha value is -0.120. The van der Waals surface area contributed by atoms with E-state index in [1.807, 2.05) is 27.7 Å². The molecule has 3 heteroatoms. The maximum Gasteiger partial charge on any atom is 0.157 e. The van der Waals surface area contributed by atoms with Crippen LogP contribution in [0.15, 0.2) is 0 Å². The van der Waals surface area contributed by atoms with Gasteiger partial charge in [0.15, 0.2) is 6.29 Å². The van der Waals surface area contributed by atoms with Crippen LogP contribution >= 0.6 is 0 Å². The summed E-state index contributed by atoms with van der Waals surface area (Å²) < 4.78 is 11.1. The molecule has 1 N–H and O–H groups in total. The van der Waals surface area contributed by atoms with E-state index in [1.165, 1.54) is 0 Å². The molecule has 0 aliphatic rings. The first-order valence-electron chi connectivity index (χ1n) is 6.84. The first-order valence-corrected chi connectivity index (χ1v) is 6.84. The van der Waals surface area contributed by atoms with Gasteiger partial charge < -0.3 is 14.6 Å². The molecule has 3 nitrogen and oxygen atoms in total. The Morgan fingerprint density at radius 1 is 1.12 bits per heavy atom. The smallest absolute Gasteiger partial charge is 0.157 e. The van der Waals surface area contributed by atoms with Crippen LogP contribution in [0.4, 0.5) is 0 Å². The second-order valence-corrected chi connectivity index (χ2v) is 5.39. The Morgan fingerprint density at radius 2 is 1.65 bits per heavy atom. The van der Waals surface area contributed by atoms with Gasteiger partial charge in [0, 0.05) is 19.6 Å². The highest BCUT2D eigenvalue weighted by Crippen LogP contribution is 2.20. The molecular weight excluding hydrogens is 216 g/mol. The summed E-state index contributed by atoms with van der Waals surface area (Å²) in [5, 5.41) is 9.63. The SMILES string of the molecule is CCOC(CC(C)CCCC(C)(C)O)OCC. The molecule has 0 bridgehead atoms. The van der Waals surface area contributed by atoms with Crippen molar-refractivity contribution >= 4 is 0 Å². The Labute approximate surface area is 107 Å². The third-order valence-electron chi connectivity index (χ3n) is 2.79. The molecule has 0 rings (SSSR count). The quantitative estimate of drug-likeness (QED) is 0.601. The maximum absolute atomic E-state index is 9.63. The average Bonchev–Trinajstić information content (AvgIpc) is 2.16. The van der Waals surface area contributed by atoms with E-state index < -0.39 is 5.60 Å². The van der Waals surface area contributed by atoms with E-state index in [0.717, 1.165) is 25.7 Å². The van der Waals surface area contributed by atoms with Crippen LogP contribution in [0.5, 0.6) is 0 Å². The molecule has 17 heavy (non-hydrogen) atoms. The summed E-state index contributed by atoms with van der Waals surface area (Å²) in [5.74, 6) is 0.570. The Bertz CT molecular complexity index is 169. The fourth-order valence-corrected chi connectivity index (χ4v) is 1.89. The molecule has 1 unspecified atom stereocenters. The van der Waals surface area contributed by atoms with Crippen molar-refractivity contribution in [1.29, 1.82) is 0 Å². The van der Waals surface area contributed by atoms with Gasteiger partial charge in [-0.1, -0.05) is 19.8 Å². The lowest BCUT2D eigenvalue weighted by molar-refractivity contribution is -0.145. The van der Waals surface area contributed by atoms with Gasteiger partial charge in [-0.25, -0.2) is 0 Å². The highest BCUT2D eigenvalue weighted by atomic mass is 16.7. The lowest BCUT2D eigenvalue weighted by Gasteiger charge is -2.22. The van der Waals surface area contributed by atoms with Gasteiger partial charge in [-0.2, -0.15) is 0 Å². The van der Waals surface area contributed by atoms with Crippen molar-refractivity contribution < 1.29 is 14.6 Å². The fourth-order valence-electron chi connectivity index (χ4n) is 1.89. The molecule has 0 saturated carbocycles. The Balaban J connectivity index is 3.77. The van der Waals surface area contributed by atoms with E-state index in [4.69, 9.17) is 9.47 Å². The third-order valence-corrected chi connectivity index (χ3v) is 2.79. The van der Waals surface area contributed by atoms with Gasteiger partial charge >= 0.3 is 0 Å². The average molecular weight is 246 g/mol. The van der Waals surface area contributed by atoms with Gasteiger partial charge in [0.2, 0.25) is 0 Å². The Morgan fingerprint density at radius 3 is 2.06 bits per heavy atom. The van der Waals surface area contributed by atoms with E-state index in [0.29, 0.717) is 19.1 Å². The van der Waals surface area contributed by atoms with E-state index in [9.17, 15) is 5.11 Å². The number of hydrogen-bond acceptors (Lipinski definition) is 3. The molecule has 0 aliphatic carbocycles. The van der Waals surface area contributed by atoms with E-state index in [1.54, 1.807) is 0 Å². The lowest BCUT2D eigenvalue weighted by atomic mass is 9.95. The number of ether oxygens (including phenoxy) is 2. The second kappa shape index (κ2) is 8.90. The van der Waals surface area contributed by atoms with E-state index in [2.05, 4.69) is 6.92 Å². The van der Waals surface area contributed by atoms with Crippen LogP contribution in [0.1, 0.15) is 60.3 Å². The zero-order chi connectivity index (χ0) is 13.3.